The Hall–Kier alpha value is -3.95. The number of hydrogen-bond acceptors (Lipinski definition) is 4. The van der Waals surface area contributed by atoms with Gasteiger partial charge < -0.3 is 5.32 Å². The van der Waals surface area contributed by atoms with E-state index >= 15 is 0 Å². The van der Waals surface area contributed by atoms with Gasteiger partial charge >= 0.3 is 6.18 Å². The number of carbonyl (C=O) groups is 1. The van der Waals surface area contributed by atoms with E-state index in [1.807, 2.05) is 30.3 Å². The number of hydrogen-bond donors (Lipinski definition) is 1. The molecule has 7 nitrogen and oxygen atoms in total. The normalized spacial score (nSPS) is 11.6. The van der Waals surface area contributed by atoms with Gasteiger partial charge in [0.25, 0.3) is 5.56 Å². The van der Waals surface area contributed by atoms with Crippen LogP contribution in [0.4, 0.5) is 13.2 Å². The van der Waals surface area contributed by atoms with E-state index in [0.717, 1.165) is 17.8 Å². The maximum absolute atomic E-state index is 12.9. The first-order valence-electron chi connectivity index (χ1n) is 10.7. The van der Waals surface area contributed by atoms with E-state index in [-0.39, 0.29) is 31.0 Å². The monoisotopic (exact) mass is 469 g/mol. The van der Waals surface area contributed by atoms with E-state index in [2.05, 4.69) is 15.5 Å². The van der Waals surface area contributed by atoms with Gasteiger partial charge in [-0.05, 0) is 43.2 Å². The summed E-state index contributed by atoms with van der Waals surface area (Å²) in [6.07, 6.45) is -2.11. The van der Waals surface area contributed by atoms with E-state index in [9.17, 15) is 22.8 Å². The van der Waals surface area contributed by atoms with Crippen molar-refractivity contribution in [3.8, 4) is 5.69 Å². The molecule has 34 heavy (non-hydrogen) atoms. The number of para-hydroxylation sites is 1. The number of amides is 1. The van der Waals surface area contributed by atoms with Gasteiger partial charge in [0.2, 0.25) is 5.91 Å². The summed E-state index contributed by atoms with van der Waals surface area (Å²) < 4.78 is 40.8. The van der Waals surface area contributed by atoms with Crippen LogP contribution in [0.3, 0.4) is 0 Å². The molecule has 1 amide bonds. The predicted octanol–water partition coefficient (Wildman–Crippen LogP) is 4.01. The van der Waals surface area contributed by atoms with Gasteiger partial charge in [-0.3, -0.25) is 9.59 Å². The van der Waals surface area contributed by atoms with Crippen molar-refractivity contribution in [2.75, 3.05) is 0 Å². The van der Waals surface area contributed by atoms with Crippen LogP contribution in [0.1, 0.15) is 29.7 Å². The van der Waals surface area contributed by atoms with Crippen molar-refractivity contribution < 1.29 is 18.0 Å². The third-order valence-corrected chi connectivity index (χ3v) is 5.38. The number of aryl methyl sites for hydroxylation is 2. The van der Waals surface area contributed by atoms with Gasteiger partial charge in [0.05, 0.1) is 16.9 Å². The Kier molecular flexibility index (Phi) is 6.49. The number of nitrogens with zero attached hydrogens (tertiary/aromatic N) is 4. The Bertz CT molecular complexity index is 1360. The molecule has 2 heterocycles. The van der Waals surface area contributed by atoms with Gasteiger partial charge in [-0.2, -0.15) is 23.4 Å². The SMILES string of the molecule is Cc1nn(CCCC(=O)NCc2ccc(C(F)(F)F)cc2)c(=O)c2nn(-c3ccccc3)cc12. The molecule has 0 spiro atoms. The topological polar surface area (TPSA) is 81.8 Å². The molecule has 0 bridgehead atoms. The van der Waals surface area contributed by atoms with Gasteiger partial charge in [-0.1, -0.05) is 30.3 Å². The van der Waals surface area contributed by atoms with Crippen molar-refractivity contribution in [1.29, 1.82) is 0 Å². The summed E-state index contributed by atoms with van der Waals surface area (Å²) in [5.41, 5.74) is 1.29. The van der Waals surface area contributed by atoms with E-state index in [4.69, 9.17) is 0 Å². The van der Waals surface area contributed by atoms with Crippen molar-refractivity contribution in [2.24, 2.45) is 0 Å². The minimum Gasteiger partial charge on any atom is -0.352 e. The van der Waals surface area contributed by atoms with Crippen molar-refractivity contribution >= 4 is 16.8 Å². The zero-order valence-electron chi connectivity index (χ0n) is 18.3. The molecule has 2 aromatic carbocycles. The van der Waals surface area contributed by atoms with Crippen LogP contribution in [0.5, 0.6) is 0 Å². The Morgan fingerprint density at radius 2 is 1.74 bits per heavy atom. The Morgan fingerprint density at radius 1 is 1.03 bits per heavy atom. The second-order valence-corrected chi connectivity index (χ2v) is 7.86. The van der Waals surface area contributed by atoms with Gasteiger partial charge in [-0.25, -0.2) is 9.36 Å². The largest absolute Gasteiger partial charge is 0.416 e. The van der Waals surface area contributed by atoms with E-state index in [1.54, 1.807) is 17.8 Å². The fourth-order valence-corrected chi connectivity index (χ4v) is 3.55. The lowest BCUT2D eigenvalue weighted by atomic mass is 10.1. The number of rotatable bonds is 7. The van der Waals surface area contributed by atoms with Crippen LogP contribution < -0.4 is 10.9 Å². The number of aromatic nitrogens is 4. The highest BCUT2D eigenvalue weighted by molar-refractivity contribution is 5.79. The summed E-state index contributed by atoms with van der Waals surface area (Å²) in [7, 11) is 0. The van der Waals surface area contributed by atoms with Crippen molar-refractivity contribution in [3.63, 3.8) is 0 Å². The molecule has 0 atom stereocenters. The summed E-state index contributed by atoms with van der Waals surface area (Å²) in [6.45, 7) is 2.16. The zero-order chi connectivity index (χ0) is 24.3. The van der Waals surface area contributed by atoms with E-state index < -0.39 is 11.7 Å². The number of nitrogens with one attached hydrogen (secondary N) is 1. The smallest absolute Gasteiger partial charge is 0.352 e. The minimum atomic E-state index is -4.39. The van der Waals surface area contributed by atoms with Crippen molar-refractivity contribution in [1.82, 2.24) is 24.9 Å². The van der Waals surface area contributed by atoms with Crippen LogP contribution in [0.15, 0.2) is 65.6 Å². The highest BCUT2D eigenvalue weighted by atomic mass is 19.4. The zero-order valence-corrected chi connectivity index (χ0v) is 18.3. The lowest BCUT2D eigenvalue weighted by molar-refractivity contribution is -0.137. The average molecular weight is 469 g/mol. The molecule has 176 valence electrons. The second-order valence-electron chi connectivity index (χ2n) is 7.86. The molecular formula is C24H22F3N5O2. The van der Waals surface area contributed by atoms with Crippen molar-refractivity contribution in [3.05, 3.63) is 88.0 Å². The molecule has 2 aromatic heterocycles. The Balaban J connectivity index is 1.35. The van der Waals surface area contributed by atoms with Crippen LogP contribution in [-0.2, 0) is 24.1 Å². The summed E-state index contributed by atoms with van der Waals surface area (Å²) in [5, 5.41) is 12.1. The Labute approximate surface area is 192 Å². The minimum absolute atomic E-state index is 0.122. The molecule has 4 rings (SSSR count). The first kappa shape index (κ1) is 23.2. The van der Waals surface area contributed by atoms with Gasteiger partial charge in [0, 0.05) is 31.1 Å². The molecule has 0 aliphatic rings. The summed E-state index contributed by atoms with van der Waals surface area (Å²) in [4.78, 5) is 25.0. The van der Waals surface area contributed by atoms with Crippen LogP contribution >= 0.6 is 0 Å². The lowest BCUT2D eigenvalue weighted by Gasteiger charge is -2.09. The Morgan fingerprint density at radius 3 is 2.41 bits per heavy atom. The molecule has 4 aromatic rings. The van der Waals surface area contributed by atoms with E-state index in [1.165, 1.54) is 16.8 Å². The first-order valence-corrected chi connectivity index (χ1v) is 10.7. The number of fused-ring (bicyclic) bond motifs is 1. The average Bonchev–Trinajstić information content (AvgIpc) is 3.28. The highest BCUT2D eigenvalue weighted by Gasteiger charge is 2.29. The molecular weight excluding hydrogens is 447 g/mol. The third-order valence-electron chi connectivity index (χ3n) is 5.38. The molecule has 0 radical (unpaired) electrons. The van der Waals surface area contributed by atoms with Crippen LogP contribution in [0.2, 0.25) is 0 Å². The van der Waals surface area contributed by atoms with Gasteiger partial charge in [0.1, 0.15) is 0 Å². The summed E-state index contributed by atoms with van der Waals surface area (Å²) in [5.74, 6) is -0.265. The van der Waals surface area contributed by atoms with Crippen LogP contribution in [-0.4, -0.2) is 25.5 Å². The number of halogens is 3. The molecule has 10 heteroatoms. The second kappa shape index (κ2) is 9.50. The predicted molar refractivity (Wildman–Crippen MR) is 120 cm³/mol. The standard InChI is InChI=1S/C24H22F3N5O2/c1-16-20-15-32(19-6-3-2-4-7-19)30-22(20)23(34)31(29-16)13-5-8-21(33)28-14-17-9-11-18(12-10-17)24(25,26)27/h2-4,6-7,9-12,15H,5,8,13-14H2,1H3,(H,28,33). The van der Waals surface area contributed by atoms with Crippen LogP contribution in [0.25, 0.3) is 16.6 Å². The molecule has 0 saturated carbocycles. The third kappa shape index (κ3) is 5.16. The molecule has 0 saturated heterocycles. The summed E-state index contributed by atoms with van der Waals surface area (Å²) in [6, 6.07) is 14.1. The fraction of sp³-hybridized carbons (Fsp3) is 0.250. The maximum atomic E-state index is 12.9. The van der Waals surface area contributed by atoms with Gasteiger partial charge in [0.15, 0.2) is 5.52 Å². The summed E-state index contributed by atoms with van der Waals surface area (Å²) >= 11 is 0. The molecule has 0 unspecified atom stereocenters. The van der Waals surface area contributed by atoms with Crippen molar-refractivity contribution in [2.45, 2.75) is 39.0 Å². The molecule has 0 fully saturated rings. The lowest BCUT2D eigenvalue weighted by Crippen LogP contribution is -2.26. The highest BCUT2D eigenvalue weighted by Crippen LogP contribution is 2.29. The number of alkyl halides is 3. The quantitative estimate of drug-likeness (QED) is 0.444. The van der Waals surface area contributed by atoms with Crippen LogP contribution in [0, 0.1) is 6.92 Å². The molecule has 0 aliphatic heterocycles. The van der Waals surface area contributed by atoms with E-state index in [0.29, 0.717) is 28.6 Å². The maximum Gasteiger partial charge on any atom is 0.416 e. The number of benzene rings is 2. The molecule has 1 N–H and O–H groups in total. The fourth-order valence-electron chi connectivity index (χ4n) is 3.55. The number of carbonyl (C=O) groups excluding carboxylic acids is 1. The first-order chi connectivity index (χ1) is 16.2. The van der Waals surface area contributed by atoms with Gasteiger partial charge in [-0.15, -0.1) is 0 Å². The molecule has 0 aliphatic carbocycles.